The summed E-state index contributed by atoms with van der Waals surface area (Å²) in [5, 5.41) is 3.61. The van der Waals surface area contributed by atoms with Crippen LogP contribution < -0.4 is 5.32 Å². The predicted octanol–water partition coefficient (Wildman–Crippen LogP) is 4.41. The molecule has 2 unspecified atom stereocenters. The molecule has 0 amide bonds. The monoisotopic (exact) mass is 277 g/mol. The van der Waals surface area contributed by atoms with E-state index in [1.807, 2.05) is 0 Å². The molecule has 2 nitrogen and oxygen atoms in total. The van der Waals surface area contributed by atoms with Crippen LogP contribution in [-0.2, 0) is 4.74 Å². The lowest BCUT2D eigenvalue weighted by Crippen LogP contribution is -2.29. The lowest BCUT2D eigenvalue weighted by Gasteiger charge is -2.24. The van der Waals surface area contributed by atoms with E-state index in [9.17, 15) is 0 Å². The minimum absolute atomic E-state index is 0.287. The molecule has 1 aromatic rings. The SMILES string of the molecule is CCCNC(COC(C)C(C)C)c1cc(C)cc(C)c1. The minimum atomic E-state index is 0.287. The van der Waals surface area contributed by atoms with E-state index in [-0.39, 0.29) is 6.04 Å². The molecule has 114 valence electrons. The Morgan fingerprint density at radius 1 is 1.05 bits per heavy atom. The van der Waals surface area contributed by atoms with Gasteiger partial charge in [0.25, 0.3) is 0 Å². The Hall–Kier alpha value is -0.860. The zero-order chi connectivity index (χ0) is 15.1. The van der Waals surface area contributed by atoms with Crippen LogP contribution in [0.2, 0.25) is 0 Å². The van der Waals surface area contributed by atoms with Gasteiger partial charge in [0, 0.05) is 0 Å². The molecular weight excluding hydrogens is 246 g/mol. The molecular formula is C18H31NO. The average Bonchev–Trinajstić information content (AvgIpc) is 2.37. The summed E-state index contributed by atoms with van der Waals surface area (Å²) in [4.78, 5) is 0. The number of hydrogen-bond acceptors (Lipinski definition) is 2. The largest absolute Gasteiger partial charge is 0.376 e. The zero-order valence-electron chi connectivity index (χ0n) is 14.0. The molecule has 20 heavy (non-hydrogen) atoms. The second-order valence-electron chi connectivity index (χ2n) is 6.21. The third-order valence-electron chi connectivity index (χ3n) is 3.75. The highest BCUT2D eigenvalue weighted by atomic mass is 16.5. The first-order chi connectivity index (χ1) is 9.43. The molecule has 0 saturated heterocycles. The van der Waals surface area contributed by atoms with Crippen molar-refractivity contribution in [2.45, 2.75) is 60.1 Å². The Morgan fingerprint density at radius 2 is 1.65 bits per heavy atom. The average molecular weight is 277 g/mol. The van der Waals surface area contributed by atoms with E-state index in [0.717, 1.165) is 19.6 Å². The molecule has 0 saturated carbocycles. The third-order valence-corrected chi connectivity index (χ3v) is 3.75. The lowest BCUT2D eigenvalue weighted by atomic mass is 10.0. The van der Waals surface area contributed by atoms with E-state index in [4.69, 9.17) is 4.74 Å². The fraction of sp³-hybridized carbons (Fsp3) is 0.667. The first-order valence-electron chi connectivity index (χ1n) is 7.87. The van der Waals surface area contributed by atoms with Gasteiger partial charge in [0.2, 0.25) is 0 Å². The molecule has 0 aliphatic heterocycles. The first kappa shape index (κ1) is 17.2. The van der Waals surface area contributed by atoms with E-state index in [1.54, 1.807) is 0 Å². The van der Waals surface area contributed by atoms with Crippen LogP contribution in [0, 0.1) is 19.8 Å². The Balaban J connectivity index is 2.77. The Morgan fingerprint density at radius 3 is 2.15 bits per heavy atom. The number of hydrogen-bond donors (Lipinski definition) is 1. The van der Waals surface area contributed by atoms with Crippen LogP contribution in [0.1, 0.15) is 56.8 Å². The van der Waals surface area contributed by atoms with Gasteiger partial charge in [-0.25, -0.2) is 0 Å². The topological polar surface area (TPSA) is 21.3 Å². The van der Waals surface area contributed by atoms with Crippen molar-refractivity contribution >= 4 is 0 Å². The Labute approximate surface area is 124 Å². The van der Waals surface area contributed by atoms with Crippen LogP contribution in [0.5, 0.6) is 0 Å². The molecule has 1 aromatic carbocycles. The third kappa shape index (κ3) is 5.64. The summed E-state index contributed by atoms with van der Waals surface area (Å²) >= 11 is 0. The van der Waals surface area contributed by atoms with Crippen LogP contribution in [0.3, 0.4) is 0 Å². The molecule has 0 aliphatic carbocycles. The van der Waals surface area contributed by atoms with Crippen LogP contribution in [0.25, 0.3) is 0 Å². The summed E-state index contributed by atoms with van der Waals surface area (Å²) in [7, 11) is 0. The van der Waals surface area contributed by atoms with Crippen LogP contribution in [-0.4, -0.2) is 19.3 Å². The highest BCUT2D eigenvalue weighted by Crippen LogP contribution is 2.19. The van der Waals surface area contributed by atoms with Gasteiger partial charge in [-0.2, -0.15) is 0 Å². The van der Waals surface area contributed by atoms with Gasteiger partial charge >= 0.3 is 0 Å². The first-order valence-corrected chi connectivity index (χ1v) is 7.87. The zero-order valence-corrected chi connectivity index (χ0v) is 14.0. The quantitative estimate of drug-likeness (QED) is 0.760. The number of rotatable bonds is 8. The number of benzene rings is 1. The molecule has 0 heterocycles. The fourth-order valence-electron chi connectivity index (χ4n) is 2.24. The smallest absolute Gasteiger partial charge is 0.0665 e. The summed E-state index contributed by atoms with van der Waals surface area (Å²) in [6, 6.07) is 7.04. The molecule has 0 radical (unpaired) electrons. The van der Waals surface area contributed by atoms with Gasteiger partial charge in [-0.05, 0) is 45.2 Å². The van der Waals surface area contributed by atoms with E-state index >= 15 is 0 Å². The van der Waals surface area contributed by atoms with Gasteiger partial charge in [-0.1, -0.05) is 50.1 Å². The highest BCUT2D eigenvalue weighted by molar-refractivity contribution is 5.30. The number of ether oxygens (including phenoxy) is 1. The minimum Gasteiger partial charge on any atom is -0.376 e. The van der Waals surface area contributed by atoms with Gasteiger partial charge in [0.1, 0.15) is 0 Å². The maximum atomic E-state index is 6.03. The molecule has 0 bridgehead atoms. The Kier molecular flexibility index (Phi) is 7.25. The summed E-state index contributed by atoms with van der Waals surface area (Å²) in [5.74, 6) is 0.557. The molecule has 0 spiro atoms. The van der Waals surface area contributed by atoms with Crippen molar-refractivity contribution in [1.82, 2.24) is 5.32 Å². The summed E-state index contributed by atoms with van der Waals surface area (Å²) in [6.07, 6.45) is 1.44. The lowest BCUT2D eigenvalue weighted by molar-refractivity contribution is 0.0218. The molecule has 0 aliphatic rings. The van der Waals surface area contributed by atoms with E-state index in [2.05, 4.69) is 65.1 Å². The van der Waals surface area contributed by atoms with Crippen molar-refractivity contribution in [1.29, 1.82) is 0 Å². The van der Waals surface area contributed by atoms with Gasteiger partial charge in [0.05, 0.1) is 18.8 Å². The second kappa shape index (κ2) is 8.43. The summed E-state index contributed by atoms with van der Waals surface area (Å²) in [5.41, 5.74) is 3.98. The van der Waals surface area contributed by atoms with Gasteiger partial charge in [0.15, 0.2) is 0 Å². The van der Waals surface area contributed by atoms with Crippen LogP contribution in [0.15, 0.2) is 18.2 Å². The maximum absolute atomic E-state index is 6.03. The summed E-state index contributed by atoms with van der Waals surface area (Å²) < 4.78 is 6.03. The molecule has 0 aromatic heterocycles. The van der Waals surface area contributed by atoms with Gasteiger partial charge in [-0.15, -0.1) is 0 Å². The van der Waals surface area contributed by atoms with Crippen molar-refractivity contribution in [2.75, 3.05) is 13.2 Å². The normalized spacial score (nSPS) is 14.6. The Bertz CT molecular complexity index is 380. The molecule has 2 atom stereocenters. The van der Waals surface area contributed by atoms with E-state index in [0.29, 0.717) is 12.0 Å². The number of aryl methyl sites for hydroxylation is 2. The van der Waals surface area contributed by atoms with Crippen LogP contribution >= 0.6 is 0 Å². The van der Waals surface area contributed by atoms with Gasteiger partial charge < -0.3 is 10.1 Å². The standard InChI is InChI=1S/C18H31NO/c1-7-8-19-18(12-20-16(6)13(2)3)17-10-14(4)9-15(5)11-17/h9-11,13,16,18-19H,7-8,12H2,1-6H3. The van der Waals surface area contributed by atoms with Gasteiger partial charge in [-0.3, -0.25) is 0 Å². The molecule has 0 fully saturated rings. The van der Waals surface area contributed by atoms with Crippen molar-refractivity contribution in [3.8, 4) is 0 Å². The van der Waals surface area contributed by atoms with Crippen molar-refractivity contribution in [3.63, 3.8) is 0 Å². The second-order valence-corrected chi connectivity index (χ2v) is 6.21. The molecule has 1 rings (SSSR count). The fourth-order valence-corrected chi connectivity index (χ4v) is 2.24. The van der Waals surface area contributed by atoms with E-state index < -0.39 is 0 Å². The van der Waals surface area contributed by atoms with Crippen molar-refractivity contribution in [3.05, 3.63) is 34.9 Å². The van der Waals surface area contributed by atoms with Crippen LogP contribution in [0.4, 0.5) is 0 Å². The summed E-state index contributed by atoms with van der Waals surface area (Å²) in [6.45, 7) is 14.8. The maximum Gasteiger partial charge on any atom is 0.0665 e. The van der Waals surface area contributed by atoms with Crippen molar-refractivity contribution in [2.24, 2.45) is 5.92 Å². The highest BCUT2D eigenvalue weighted by Gasteiger charge is 2.15. The van der Waals surface area contributed by atoms with E-state index in [1.165, 1.54) is 16.7 Å². The number of nitrogens with one attached hydrogen (secondary N) is 1. The molecule has 1 N–H and O–H groups in total. The molecule has 2 heteroatoms. The van der Waals surface area contributed by atoms with Crippen molar-refractivity contribution < 1.29 is 4.74 Å². The predicted molar refractivity (Wildman–Crippen MR) is 87.2 cm³/mol.